The van der Waals surface area contributed by atoms with Crippen LogP contribution in [-0.4, -0.2) is 9.72 Å². The predicted molar refractivity (Wildman–Crippen MR) is 64.5 cm³/mol. The fourth-order valence-corrected chi connectivity index (χ4v) is 2.15. The standard InChI is InChI=1S/C13H14N2O/c1-13(2,3)15-7-6-9-10-8-14-16-12(10)5-4-11(9)15/h4-8H,1-3H3. The molecule has 3 nitrogen and oxygen atoms in total. The molecular formula is C13H14N2O. The highest BCUT2D eigenvalue weighted by molar-refractivity contribution is 6.04. The van der Waals surface area contributed by atoms with E-state index in [-0.39, 0.29) is 5.54 Å². The second-order valence-corrected chi connectivity index (χ2v) is 5.09. The van der Waals surface area contributed by atoms with Crippen LogP contribution in [0.1, 0.15) is 20.8 Å². The molecule has 0 atom stereocenters. The summed E-state index contributed by atoms with van der Waals surface area (Å²) in [4.78, 5) is 0. The van der Waals surface area contributed by atoms with Crippen LogP contribution in [0, 0.1) is 0 Å². The molecule has 3 rings (SSSR count). The van der Waals surface area contributed by atoms with Gasteiger partial charge in [-0.05, 0) is 39.0 Å². The maximum atomic E-state index is 5.16. The van der Waals surface area contributed by atoms with Gasteiger partial charge in [0, 0.05) is 22.6 Å². The average Bonchev–Trinajstić information content (AvgIpc) is 2.81. The van der Waals surface area contributed by atoms with Crippen molar-refractivity contribution < 1.29 is 4.52 Å². The minimum atomic E-state index is 0.0899. The largest absolute Gasteiger partial charge is 0.356 e. The summed E-state index contributed by atoms with van der Waals surface area (Å²) in [5.41, 5.74) is 2.16. The van der Waals surface area contributed by atoms with Crippen molar-refractivity contribution in [1.82, 2.24) is 9.72 Å². The Morgan fingerprint density at radius 2 is 1.94 bits per heavy atom. The van der Waals surface area contributed by atoms with Crippen LogP contribution in [0.5, 0.6) is 0 Å². The van der Waals surface area contributed by atoms with Crippen LogP contribution in [0.2, 0.25) is 0 Å². The number of rotatable bonds is 0. The van der Waals surface area contributed by atoms with E-state index in [2.05, 4.69) is 48.8 Å². The van der Waals surface area contributed by atoms with Gasteiger partial charge in [0.1, 0.15) is 0 Å². The molecule has 0 N–H and O–H groups in total. The number of fused-ring (bicyclic) bond motifs is 3. The van der Waals surface area contributed by atoms with Gasteiger partial charge in [-0.2, -0.15) is 0 Å². The first-order valence-corrected chi connectivity index (χ1v) is 5.42. The van der Waals surface area contributed by atoms with Gasteiger partial charge in [-0.1, -0.05) is 5.16 Å². The molecule has 0 unspecified atom stereocenters. The summed E-state index contributed by atoms with van der Waals surface area (Å²) in [6.45, 7) is 6.60. The second kappa shape index (κ2) is 2.88. The van der Waals surface area contributed by atoms with Gasteiger partial charge in [-0.15, -0.1) is 0 Å². The molecule has 82 valence electrons. The topological polar surface area (TPSA) is 31.0 Å². The molecule has 0 aliphatic heterocycles. The van der Waals surface area contributed by atoms with Crippen molar-refractivity contribution in [2.75, 3.05) is 0 Å². The lowest BCUT2D eigenvalue weighted by molar-refractivity contribution is 0.411. The fraction of sp³-hybridized carbons (Fsp3) is 0.308. The van der Waals surface area contributed by atoms with E-state index in [1.807, 2.05) is 6.07 Å². The van der Waals surface area contributed by atoms with E-state index in [4.69, 9.17) is 4.52 Å². The third kappa shape index (κ3) is 1.18. The molecule has 0 fully saturated rings. The van der Waals surface area contributed by atoms with Gasteiger partial charge in [-0.25, -0.2) is 0 Å². The third-order valence-electron chi connectivity index (χ3n) is 2.93. The summed E-state index contributed by atoms with van der Waals surface area (Å²) in [5.74, 6) is 0. The summed E-state index contributed by atoms with van der Waals surface area (Å²) in [6, 6.07) is 6.20. The maximum absolute atomic E-state index is 5.16. The summed E-state index contributed by atoms with van der Waals surface area (Å²) < 4.78 is 7.43. The molecule has 2 heterocycles. The lowest BCUT2D eigenvalue weighted by Gasteiger charge is -2.22. The molecular weight excluding hydrogens is 200 g/mol. The quantitative estimate of drug-likeness (QED) is 0.573. The molecule has 16 heavy (non-hydrogen) atoms. The number of nitrogens with zero attached hydrogens (tertiary/aromatic N) is 2. The van der Waals surface area contributed by atoms with E-state index in [1.165, 1.54) is 10.9 Å². The molecule has 0 amide bonds. The predicted octanol–water partition coefficient (Wildman–Crippen LogP) is 3.54. The SMILES string of the molecule is CC(C)(C)n1ccc2c3cnoc3ccc21. The first-order chi connectivity index (χ1) is 7.57. The lowest BCUT2D eigenvalue weighted by Crippen LogP contribution is -2.20. The number of hydrogen-bond donors (Lipinski definition) is 0. The Kier molecular flexibility index (Phi) is 1.70. The van der Waals surface area contributed by atoms with Crippen molar-refractivity contribution in [3.05, 3.63) is 30.6 Å². The zero-order valence-corrected chi connectivity index (χ0v) is 9.69. The fourth-order valence-electron chi connectivity index (χ4n) is 2.15. The summed E-state index contributed by atoms with van der Waals surface area (Å²) in [6.07, 6.45) is 3.90. The molecule has 0 saturated heterocycles. The average molecular weight is 214 g/mol. The monoisotopic (exact) mass is 214 g/mol. The van der Waals surface area contributed by atoms with E-state index >= 15 is 0 Å². The van der Waals surface area contributed by atoms with Gasteiger partial charge >= 0.3 is 0 Å². The normalized spacial score (nSPS) is 12.7. The van der Waals surface area contributed by atoms with Crippen molar-refractivity contribution in [3.63, 3.8) is 0 Å². The minimum absolute atomic E-state index is 0.0899. The second-order valence-electron chi connectivity index (χ2n) is 5.09. The Balaban J connectivity index is 2.44. The third-order valence-corrected chi connectivity index (χ3v) is 2.93. The molecule has 0 saturated carbocycles. The van der Waals surface area contributed by atoms with E-state index in [9.17, 15) is 0 Å². The number of aromatic nitrogens is 2. The zero-order chi connectivity index (χ0) is 11.3. The number of hydrogen-bond acceptors (Lipinski definition) is 2. The molecule has 2 aromatic heterocycles. The van der Waals surface area contributed by atoms with Crippen LogP contribution in [0.3, 0.4) is 0 Å². The van der Waals surface area contributed by atoms with Crippen LogP contribution in [0.25, 0.3) is 21.9 Å². The van der Waals surface area contributed by atoms with Crippen LogP contribution < -0.4 is 0 Å². The first-order valence-electron chi connectivity index (χ1n) is 5.42. The minimum Gasteiger partial charge on any atom is -0.356 e. The molecule has 0 aliphatic carbocycles. The van der Waals surface area contributed by atoms with Crippen molar-refractivity contribution in [2.45, 2.75) is 26.3 Å². The van der Waals surface area contributed by atoms with Crippen molar-refractivity contribution >= 4 is 21.9 Å². The molecule has 0 spiro atoms. The Labute approximate surface area is 93.6 Å². The Hall–Kier alpha value is -1.77. The molecule has 0 aliphatic rings. The molecule has 0 radical (unpaired) electrons. The highest BCUT2D eigenvalue weighted by Crippen LogP contribution is 2.29. The van der Waals surface area contributed by atoms with Crippen LogP contribution >= 0.6 is 0 Å². The molecule has 3 heteroatoms. The highest BCUT2D eigenvalue weighted by Gasteiger charge is 2.16. The van der Waals surface area contributed by atoms with Gasteiger partial charge in [0.15, 0.2) is 5.58 Å². The van der Waals surface area contributed by atoms with Crippen molar-refractivity contribution in [2.24, 2.45) is 0 Å². The smallest absolute Gasteiger partial charge is 0.167 e. The van der Waals surface area contributed by atoms with Gasteiger partial charge in [-0.3, -0.25) is 0 Å². The van der Waals surface area contributed by atoms with Crippen LogP contribution in [0.15, 0.2) is 35.1 Å². The van der Waals surface area contributed by atoms with E-state index < -0.39 is 0 Å². The summed E-state index contributed by atoms with van der Waals surface area (Å²) in [5, 5.41) is 6.12. The Morgan fingerprint density at radius 3 is 2.69 bits per heavy atom. The molecule has 0 bridgehead atoms. The van der Waals surface area contributed by atoms with E-state index in [0.29, 0.717) is 0 Å². The van der Waals surface area contributed by atoms with Crippen molar-refractivity contribution in [1.29, 1.82) is 0 Å². The van der Waals surface area contributed by atoms with Gasteiger partial charge in [0.2, 0.25) is 0 Å². The highest BCUT2D eigenvalue weighted by atomic mass is 16.5. The van der Waals surface area contributed by atoms with E-state index in [0.717, 1.165) is 11.0 Å². The lowest BCUT2D eigenvalue weighted by atomic mass is 10.1. The van der Waals surface area contributed by atoms with Gasteiger partial charge in [0.05, 0.1) is 11.6 Å². The van der Waals surface area contributed by atoms with Crippen LogP contribution in [-0.2, 0) is 5.54 Å². The van der Waals surface area contributed by atoms with Gasteiger partial charge in [0.25, 0.3) is 0 Å². The molecule has 3 aromatic rings. The maximum Gasteiger partial charge on any atom is 0.167 e. The Bertz CT molecular complexity index is 655. The van der Waals surface area contributed by atoms with Crippen LogP contribution in [0.4, 0.5) is 0 Å². The first kappa shape index (κ1) is 9.46. The molecule has 1 aromatic carbocycles. The summed E-state index contributed by atoms with van der Waals surface area (Å²) in [7, 11) is 0. The van der Waals surface area contributed by atoms with Crippen molar-refractivity contribution in [3.8, 4) is 0 Å². The zero-order valence-electron chi connectivity index (χ0n) is 9.69. The van der Waals surface area contributed by atoms with E-state index in [1.54, 1.807) is 6.20 Å². The van der Waals surface area contributed by atoms with Gasteiger partial charge < -0.3 is 9.09 Å². The number of benzene rings is 1. The summed E-state index contributed by atoms with van der Waals surface area (Å²) >= 11 is 0. The Morgan fingerprint density at radius 1 is 1.12 bits per heavy atom.